The molecule has 1 amide bonds. The summed E-state index contributed by atoms with van der Waals surface area (Å²) in [5.41, 5.74) is 8.93. The zero-order valence-electron chi connectivity index (χ0n) is 13.0. The van der Waals surface area contributed by atoms with Gasteiger partial charge >= 0.3 is 0 Å². The molecule has 2 aromatic carbocycles. The van der Waals surface area contributed by atoms with Crippen molar-refractivity contribution < 1.29 is 9.53 Å². The lowest BCUT2D eigenvalue weighted by molar-refractivity contribution is -0.121. The number of ether oxygens (including phenoxy) is 1. The molecule has 4 nitrogen and oxygen atoms in total. The largest absolute Gasteiger partial charge is 0.497 e. The number of hydrogen-bond donors (Lipinski definition) is 2. The average Bonchev–Trinajstić information content (AvgIpc) is 2.53. The Morgan fingerprint density at radius 2 is 1.64 bits per heavy atom. The molecule has 116 valence electrons. The maximum absolute atomic E-state index is 11.6. The summed E-state index contributed by atoms with van der Waals surface area (Å²) in [6, 6.07) is 16.0. The third-order valence-electron chi connectivity index (χ3n) is 3.37. The highest BCUT2D eigenvalue weighted by molar-refractivity contribution is 5.76. The smallest absolute Gasteiger partial charge is 0.221 e. The quantitative estimate of drug-likeness (QED) is 0.862. The van der Waals surface area contributed by atoms with Crippen LogP contribution in [0.1, 0.15) is 18.9 Å². The summed E-state index contributed by atoms with van der Waals surface area (Å²) >= 11 is 0. The van der Waals surface area contributed by atoms with E-state index in [4.69, 9.17) is 10.5 Å². The van der Waals surface area contributed by atoms with Crippen LogP contribution < -0.4 is 15.8 Å². The van der Waals surface area contributed by atoms with Crippen LogP contribution in [0.2, 0.25) is 0 Å². The first-order valence-corrected chi connectivity index (χ1v) is 7.34. The summed E-state index contributed by atoms with van der Waals surface area (Å²) in [7, 11) is 1.66. The fourth-order valence-electron chi connectivity index (χ4n) is 2.16. The van der Waals surface area contributed by atoms with Gasteiger partial charge in [-0.15, -0.1) is 0 Å². The lowest BCUT2D eigenvalue weighted by Crippen LogP contribution is -2.29. The Morgan fingerprint density at radius 1 is 1.09 bits per heavy atom. The van der Waals surface area contributed by atoms with Gasteiger partial charge in [0.05, 0.1) is 7.11 Å². The summed E-state index contributed by atoms with van der Waals surface area (Å²) in [6.07, 6.45) is 0.351. The van der Waals surface area contributed by atoms with E-state index < -0.39 is 0 Å². The van der Waals surface area contributed by atoms with Gasteiger partial charge in [0, 0.05) is 19.0 Å². The first-order chi connectivity index (χ1) is 10.6. The lowest BCUT2D eigenvalue weighted by atomic mass is 10.0. The molecule has 1 atom stereocenters. The molecule has 0 aliphatic heterocycles. The predicted molar refractivity (Wildman–Crippen MR) is 88.5 cm³/mol. The minimum Gasteiger partial charge on any atom is -0.497 e. The van der Waals surface area contributed by atoms with E-state index in [0.29, 0.717) is 13.0 Å². The number of nitrogens with one attached hydrogen (secondary N) is 1. The van der Waals surface area contributed by atoms with Gasteiger partial charge in [-0.2, -0.15) is 0 Å². The Morgan fingerprint density at radius 3 is 2.14 bits per heavy atom. The van der Waals surface area contributed by atoms with Crippen molar-refractivity contribution in [2.24, 2.45) is 5.73 Å². The van der Waals surface area contributed by atoms with Crippen LogP contribution in [0.5, 0.6) is 5.75 Å². The number of nitrogens with two attached hydrogens (primary N) is 1. The molecule has 0 spiro atoms. The molecular formula is C18H22N2O2. The van der Waals surface area contributed by atoms with Crippen LogP contribution in [-0.4, -0.2) is 19.1 Å². The molecule has 22 heavy (non-hydrogen) atoms. The standard InChI is InChI=1S/C18H22N2O2/c1-13(19)11-18(21)20-12-14-3-5-15(6-4-14)16-7-9-17(22-2)10-8-16/h3-10,13H,11-12,19H2,1-2H3,(H,20,21). The van der Waals surface area contributed by atoms with Gasteiger partial charge in [0.1, 0.15) is 5.75 Å². The molecule has 4 heteroatoms. The second-order valence-electron chi connectivity index (χ2n) is 5.38. The van der Waals surface area contributed by atoms with Crippen molar-refractivity contribution in [1.82, 2.24) is 5.32 Å². The van der Waals surface area contributed by atoms with Crippen molar-refractivity contribution in [3.8, 4) is 16.9 Å². The number of amides is 1. The average molecular weight is 298 g/mol. The van der Waals surface area contributed by atoms with E-state index in [0.717, 1.165) is 22.4 Å². The Hall–Kier alpha value is -2.33. The molecule has 0 heterocycles. The molecule has 0 bridgehead atoms. The molecule has 0 aliphatic carbocycles. The van der Waals surface area contributed by atoms with Gasteiger partial charge in [-0.05, 0) is 35.7 Å². The number of benzene rings is 2. The van der Waals surface area contributed by atoms with Gasteiger partial charge in [-0.1, -0.05) is 36.4 Å². The summed E-state index contributed by atoms with van der Waals surface area (Å²) < 4.78 is 5.16. The van der Waals surface area contributed by atoms with Crippen molar-refractivity contribution in [2.45, 2.75) is 25.9 Å². The fraction of sp³-hybridized carbons (Fsp3) is 0.278. The fourth-order valence-corrected chi connectivity index (χ4v) is 2.16. The maximum atomic E-state index is 11.6. The molecular weight excluding hydrogens is 276 g/mol. The highest BCUT2D eigenvalue weighted by Gasteiger charge is 2.05. The second kappa shape index (κ2) is 7.61. The van der Waals surface area contributed by atoms with E-state index in [2.05, 4.69) is 17.4 Å². The summed E-state index contributed by atoms with van der Waals surface area (Å²) in [4.78, 5) is 11.6. The van der Waals surface area contributed by atoms with E-state index in [1.165, 1.54) is 0 Å². The number of carbonyl (C=O) groups is 1. The zero-order chi connectivity index (χ0) is 15.9. The molecule has 0 aliphatic rings. The van der Waals surface area contributed by atoms with E-state index in [1.54, 1.807) is 7.11 Å². The molecule has 1 unspecified atom stereocenters. The minimum atomic E-state index is -0.113. The third-order valence-corrected chi connectivity index (χ3v) is 3.37. The normalized spacial score (nSPS) is 11.8. The SMILES string of the molecule is COc1ccc(-c2ccc(CNC(=O)CC(C)N)cc2)cc1. The van der Waals surface area contributed by atoms with E-state index >= 15 is 0 Å². The molecule has 0 radical (unpaired) electrons. The number of hydrogen-bond acceptors (Lipinski definition) is 3. The highest BCUT2D eigenvalue weighted by Crippen LogP contribution is 2.22. The van der Waals surface area contributed by atoms with Crippen molar-refractivity contribution in [3.05, 3.63) is 54.1 Å². The third kappa shape index (κ3) is 4.60. The number of methoxy groups -OCH3 is 1. The van der Waals surface area contributed by atoms with Gasteiger partial charge in [0.25, 0.3) is 0 Å². The summed E-state index contributed by atoms with van der Waals surface area (Å²) in [5, 5.41) is 2.87. The lowest BCUT2D eigenvalue weighted by Gasteiger charge is -2.08. The van der Waals surface area contributed by atoms with Crippen molar-refractivity contribution in [2.75, 3.05) is 7.11 Å². The number of rotatable bonds is 6. The highest BCUT2D eigenvalue weighted by atomic mass is 16.5. The topological polar surface area (TPSA) is 64.3 Å². The van der Waals surface area contributed by atoms with Crippen LogP contribution >= 0.6 is 0 Å². The Bertz CT molecular complexity index is 604. The molecule has 0 saturated carbocycles. The zero-order valence-corrected chi connectivity index (χ0v) is 13.0. The Balaban J connectivity index is 1.96. The van der Waals surface area contributed by atoms with Crippen LogP contribution in [-0.2, 0) is 11.3 Å². The number of carbonyl (C=O) groups excluding carboxylic acids is 1. The first-order valence-electron chi connectivity index (χ1n) is 7.34. The van der Waals surface area contributed by atoms with Gasteiger partial charge in [-0.25, -0.2) is 0 Å². The maximum Gasteiger partial charge on any atom is 0.221 e. The van der Waals surface area contributed by atoms with Gasteiger partial charge in [0.15, 0.2) is 0 Å². The minimum absolute atomic E-state index is 0.0192. The van der Waals surface area contributed by atoms with E-state index in [-0.39, 0.29) is 11.9 Å². The van der Waals surface area contributed by atoms with Gasteiger partial charge < -0.3 is 15.8 Å². The van der Waals surface area contributed by atoms with Crippen LogP contribution in [0.15, 0.2) is 48.5 Å². The van der Waals surface area contributed by atoms with Crippen molar-refractivity contribution in [1.29, 1.82) is 0 Å². The molecule has 2 aromatic rings. The van der Waals surface area contributed by atoms with Crippen molar-refractivity contribution >= 4 is 5.91 Å². The Kier molecular flexibility index (Phi) is 5.55. The van der Waals surface area contributed by atoms with Crippen LogP contribution in [0.4, 0.5) is 0 Å². The molecule has 0 fully saturated rings. The Labute approximate surface area is 131 Å². The predicted octanol–water partition coefficient (Wildman–Crippen LogP) is 2.72. The molecule has 2 rings (SSSR count). The second-order valence-corrected chi connectivity index (χ2v) is 5.38. The van der Waals surface area contributed by atoms with Crippen LogP contribution in [0.25, 0.3) is 11.1 Å². The van der Waals surface area contributed by atoms with E-state index in [1.807, 2.05) is 43.3 Å². The van der Waals surface area contributed by atoms with Gasteiger partial charge in [-0.3, -0.25) is 4.79 Å². The molecule has 3 N–H and O–H groups in total. The van der Waals surface area contributed by atoms with Crippen LogP contribution in [0, 0.1) is 0 Å². The van der Waals surface area contributed by atoms with Gasteiger partial charge in [0.2, 0.25) is 5.91 Å². The summed E-state index contributed by atoms with van der Waals surface area (Å²) in [5.74, 6) is 0.825. The molecule has 0 saturated heterocycles. The molecule has 0 aromatic heterocycles. The van der Waals surface area contributed by atoms with E-state index in [9.17, 15) is 4.79 Å². The van der Waals surface area contributed by atoms with Crippen molar-refractivity contribution in [3.63, 3.8) is 0 Å². The van der Waals surface area contributed by atoms with Crippen LogP contribution in [0.3, 0.4) is 0 Å². The monoisotopic (exact) mass is 298 g/mol. The first kappa shape index (κ1) is 16.0. The summed E-state index contributed by atoms with van der Waals surface area (Å²) in [6.45, 7) is 2.34.